The van der Waals surface area contributed by atoms with Gasteiger partial charge in [-0.1, -0.05) is 77.9 Å². The number of nitrogens with two attached hydrogens (primary N) is 7. The fourth-order valence-corrected chi connectivity index (χ4v) is 9.65. The molecule has 20 N–H and O–H groups in total. The number of carboxylic acids is 3. The van der Waals surface area contributed by atoms with Gasteiger partial charge in [0.2, 0.25) is 12.6 Å². The van der Waals surface area contributed by atoms with Crippen LogP contribution in [0.2, 0.25) is 0 Å². The highest BCUT2D eigenvalue weighted by Crippen LogP contribution is 2.35. The summed E-state index contributed by atoms with van der Waals surface area (Å²) in [6.45, 7) is 25.6. The van der Waals surface area contributed by atoms with Crippen LogP contribution in [-0.4, -0.2) is 164 Å². The second-order valence-corrected chi connectivity index (χ2v) is 22.7. The van der Waals surface area contributed by atoms with Crippen LogP contribution in [0.4, 0.5) is 0 Å². The maximum absolute atomic E-state index is 10.7. The van der Waals surface area contributed by atoms with Gasteiger partial charge in [0.05, 0.1) is 25.1 Å². The number of aliphatic hydroxyl groups excluding tert-OH is 1. The van der Waals surface area contributed by atoms with Crippen LogP contribution in [0.25, 0.3) is 0 Å². The Morgan fingerprint density at radius 3 is 1.04 bits per heavy atom. The number of aliphatic hydroxyl groups is 1. The summed E-state index contributed by atoms with van der Waals surface area (Å²) in [6, 6.07) is 29.4. The van der Waals surface area contributed by atoms with Crippen molar-refractivity contribution in [2.75, 3.05) is 102 Å². The van der Waals surface area contributed by atoms with Crippen LogP contribution in [0.15, 0.2) is 91.0 Å². The lowest BCUT2D eigenvalue weighted by molar-refractivity contribution is -0.140. The molecule has 99 heavy (non-hydrogen) atoms. The summed E-state index contributed by atoms with van der Waals surface area (Å²) in [7, 11) is 12.3. The quantitative estimate of drug-likeness (QED) is 0.0144. The second-order valence-electron chi connectivity index (χ2n) is 22.4. The first-order chi connectivity index (χ1) is 47.2. The van der Waals surface area contributed by atoms with E-state index in [2.05, 4.69) is 105 Å². The zero-order valence-corrected chi connectivity index (χ0v) is 63.2. The topological polar surface area (TPSA) is 418 Å². The molecule has 8 rings (SSSR count). The third-order valence-corrected chi connectivity index (χ3v) is 14.5. The summed E-state index contributed by atoms with van der Waals surface area (Å²) >= 11 is 5.27. The van der Waals surface area contributed by atoms with Gasteiger partial charge in [0.1, 0.15) is 41.1 Å². The number of aryl methyl sites for hydroxylation is 6. The van der Waals surface area contributed by atoms with Crippen molar-refractivity contribution < 1.29 is 73.1 Å². The molecular formula is C75H121ClN8O15. The fourth-order valence-electron chi connectivity index (χ4n) is 9.47. The van der Waals surface area contributed by atoms with Crippen LogP contribution in [0.5, 0.6) is 34.5 Å². The molecule has 2 aliphatic rings. The Balaban J connectivity index is -0.00000124. The number of halogens is 1. The Kier molecular flexibility index (Phi) is 52.4. The molecule has 2 saturated heterocycles. The molecule has 2 heterocycles. The van der Waals surface area contributed by atoms with Crippen LogP contribution in [0, 0.1) is 41.5 Å². The number of phenolic OH excluding ortho intramolecular Hbond substituents is 1. The molecule has 0 spiro atoms. The number of ether oxygens (including phenoxy) is 7. The molecule has 0 amide bonds. The first kappa shape index (κ1) is 95.6. The molecule has 6 aromatic carbocycles. The first-order valence-electron chi connectivity index (χ1n) is 32.7. The van der Waals surface area contributed by atoms with Gasteiger partial charge in [0.25, 0.3) is 0 Å². The van der Waals surface area contributed by atoms with E-state index < -0.39 is 24.2 Å². The van der Waals surface area contributed by atoms with Crippen molar-refractivity contribution in [1.82, 2.24) is 5.32 Å². The van der Waals surface area contributed by atoms with Crippen molar-refractivity contribution in [2.24, 2.45) is 40.1 Å². The molecule has 6 aromatic rings. The number of hydrogen-bond acceptors (Lipinski definition) is 20. The smallest absolute Gasteiger partial charge is 0.341 e. The number of rotatable bonds is 25. The largest absolute Gasteiger partial charge is 0.508 e. The predicted molar refractivity (Wildman–Crippen MR) is 401 cm³/mol. The van der Waals surface area contributed by atoms with E-state index in [0.717, 1.165) is 87.3 Å². The highest BCUT2D eigenvalue weighted by Gasteiger charge is 2.26. The number of hydrogen-bond donors (Lipinski definition) is 13. The highest BCUT2D eigenvalue weighted by atomic mass is 35.5. The Labute approximate surface area is 594 Å². The molecule has 0 saturated carbocycles. The number of aliphatic carboxylic acids is 3. The molecule has 0 bridgehead atoms. The van der Waals surface area contributed by atoms with E-state index in [1.54, 1.807) is 13.1 Å². The van der Waals surface area contributed by atoms with Gasteiger partial charge in [-0.25, -0.2) is 14.4 Å². The van der Waals surface area contributed by atoms with Gasteiger partial charge in [0, 0.05) is 0 Å². The number of nitrogens with one attached hydrogen (secondary N) is 1. The minimum atomic E-state index is -0.993. The van der Waals surface area contributed by atoms with Gasteiger partial charge in [-0.15, -0.1) is 11.6 Å². The molecule has 558 valence electrons. The van der Waals surface area contributed by atoms with Crippen molar-refractivity contribution in [1.29, 1.82) is 0 Å². The average Bonchev–Trinajstić information content (AvgIpc) is 1.58. The molecule has 0 aliphatic carbocycles. The molecular weight excluding hydrogens is 1290 g/mol. The third-order valence-electron chi connectivity index (χ3n) is 14.1. The Morgan fingerprint density at radius 1 is 0.485 bits per heavy atom. The number of phenols is 1. The molecule has 0 aromatic heterocycles. The average molecular weight is 1410 g/mol. The van der Waals surface area contributed by atoms with Crippen LogP contribution < -0.4 is 69.1 Å². The van der Waals surface area contributed by atoms with Crippen molar-refractivity contribution >= 4 is 29.5 Å². The van der Waals surface area contributed by atoms with E-state index in [-0.39, 0.29) is 37.9 Å². The molecule has 24 heteroatoms. The lowest BCUT2D eigenvalue weighted by Gasteiger charge is -2.19. The van der Waals surface area contributed by atoms with Gasteiger partial charge in [-0.2, -0.15) is 0 Å². The molecule has 3 unspecified atom stereocenters. The van der Waals surface area contributed by atoms with Crippen molar-refractivity contribution in [3.05, 3.63) is 174 Å². The van der Waals surface area contributed by atoms with Gasteiger partial charge < -0.3 is 104 Å². The van der Waals surface area contributed by atoms with Crippen LogP contribution in [-0.2, 0) is 43.1 Å². The zero-order valence-electron chi connectivity index (χ0n) is 62.4. The van der Waals surface area contributed by atoms with Gasteiger partial charge >= 0.3 is 17.9 Å². The molecule has 2 fully saturated rings. The first-order valence-corrected chi connectivity index (χ1v) is 33.2. The monoisotopic (exact) mass is 1410 g/mol. The molecule has 2 aliphatic heterocycles. The maximum atomic E-state index is 10.7. The minimum absolute atomic E-state index is 0.101. The highest BCUT2D eigenvalue weighted by molar-refractivity contribution is 6.18. The van der Waals surface area contributed by atoms with Crippen molar-refractivity contribution in [3.8, 4) is 34.5 Å². The summed E-state index contributed by atoms with van der Waals surface area (Å²) in [4.78, 5) is 32.0. The second kappa shape index (κ2) is 54.2. The Hall–Kier alpha value is -7.62. The fraction of sp³-hybridized carbons (Fsp3) is 0.480. The third kappa shape index (κ3) is 37.4. The van der Waals surface area contributed by atoms with E-state index >= 15 is 0 Å². The number of carbonyl (C=O) groups is 3. The van der Waals surface area contributed by atoms with E-state index in [0.29, 0.717) is 59.8 Å². The summed E-state index contributed by atoms with van der Waals surface area (Å²) in [6.07, 6.45) is 1.71. The standard InChI is InChI=1S/C23H31NO5.C22H26O5.C20H24O4.C3H5ClO.7CH5N/c1-14(2)19-10-17(6-7-21(19)29-23(27)12-24-5)11-20-15(3)8-18(9-16(20)4)28-13-22(25)26;1-13(2)18-9-16(5-6-20(18)27-22-12-26-22)10-19-14(3)7-17(8-15(19)4)25-11-21(23)24;1-12(2)17-9-15(5-6-19(17)21)10-18-13(3)7-16(8-14(18)4)24-11-20(22)23;4-1-3-2-5-3;7*1-2/h6-10,14,23-24,27H,11-13H2,1-5H3,(H,25,26);5-9,13,22H,10-12H2,1-4H3,(H,23,24);5-9,12,21H,10-11H2,1-4H3,(H,22,23);3H,1-2H2;7*2H2,1H3. The van der Waals surface area contributed by atoms with E-state index in [4.69, 9.17) is 60.1 Å². The Bertz CT molecular complexity index is 3170. The summed E-state index contributed by atoms with van der Waals surface area (Å²) in [5, 5.41) is 49.1. The van der Waals surface area contributed by atoms with E-state index in [1.165, 1.54) is 77.2 Å². The van der Waals surface area contributed by atoms with Gasteiger partial charge in [-0.3, -0.25) is 0 Å². The minimum Gasteiger partial charge on any atom is -0.508 e. The number of alkyl halides is 1. The lowest BCUT2D eigenvalue weighted by Crippen LogP contribution is -2.29. The number of epoxide rings is 2. The molecule has 3 atom stereocenters. The van der Waals surface area contributed by atoms with Crippen LogP contribution >= 0.6 is 11.6 Å². The summed E-state index contributed by atoms with van der Waals surface area (Å²) in [5.74, 6) is 2.22. The van der Waals surface area contributed by atoms with Crippen LogP contribution in [0.1, 0.15) is 143 Å². The molecule has 0 radical (unpaired) electrons. The van der Waals surface area contributed by atoms with Crippen molar-refractivity contribution in [2.45, 2.75) is 139 Å². The maximum Gasteiger partial charge on any atom is 0.341 e. The number of carboxylic acid groups (broad SMARTS) is 3. The summed E-state index contributed by atoms with van der Waals surface area (Å²) < 4.78 is 37.3. The van der Waals surface area contributed by atoms with E-state index in [1.807, 2.05) is 108 Å². The number of benzene rings is 6. The van der Waals surface area contributed by atoms with E-state index in [9.17, 15) is 24.6 Å². The summed E-state index contributed by atoms with van der Waals surface area (Å²) in [5.41, 5.74) is 48.2. The van der Waals surface area contributed by atoms with Crippen molar-refractivity contribution in [3.63, 3.8) is 0 Å². The van der Waals surface area contributed by atoms with Gasteiger partial charge in [0.15, 0.2) is 19.8 Å². The van der Waals surface area contributed by atoms with Gasteiger partial charge in [-0.05, 0) is 273 Å². The Morgan fingerprint density at radius 2 is 0.778 bits per heavy atom. The molecule has 23 nitrogen and oxygen atoms in total. The number of aromatic hydroxyl groups is 1. The lowest BCUT2D eigenvalue weighted by atomic mass is 9.93. The zero-order chi connectivity index (χ0) is 76.7. The predicted octanol–water partition coefficient (Wildman–Crippen LogP) is 9.45. The SMILES string of the molecule is CN.CN.CN.CN.CN.CN.CN.CNCC(O)Oc1ccc(Cc2c(C)cc(OCC(=O)O)cc2C)cc1C(C)C.Cc1cc(OCC(=O)O)cc(C)c1Cc1ccc(O)c(C(C)C)c1.Cc1cc(OCC(=O)O)cc(C)c1Cc1ccc(OC2CO2)c(C(C)C)c1.ClCC1CO1. The number of likely N-dealkylation sites (N-methyl/N-ethyl adjacent to an activating group) is 1. The normalized spacial score (nSPS) is 12.6. The van der Waals surface area contributed by atoms with Crippen LogP contribution in [0.3, 0.4) is 0 Å².